The molecule has 0 bridgehead atoms. The summed E-state index contributed by atoms with van der Waals surface area (Å²) in [6.07, 6.45) is 7.16. The van der Waals surface area contributed by atoms with Gasteiger partial charge >= 0.3 is 0 Å². The van der Waals surface area contributed by atoms with Crippen LogP contribution in [0.15, 0.2) is 59.9 Å². The molecule has 0 atom stereocenters. The van der Waals surface area contributed by atoms with Gasteiger partial charge < -0.3 is 4.57 Å². The van der Waals surface area contributed by atoms with Crippen molar-refractivity contribution in [1.29, 1.82) is 0 Å². The van der Waals surface area contributed by atoms with Crippen molar-refractivity contribution < 1.29 is 0 Å². The fourth-order valence-electron chi connectivity index (χ4n) is 2.50. The van der Waals surface area contributed by atoms with Gasteiger partial charge in [0, 0.05) is 29.4 Å². The van der Waals surface area contributed by atoms with E-state index in [4.69, 9.17) is 0 Å². The second-order valence-electron chi connectivity index (χ2n) is 5.16. The molecule has 1 aromatic carbocycles. The number of fused-ring (bicyclic) bond motifs is 1. The van der Waals surface area contributed by atoms with Gasteiger partial charge in [-0.3, -0.25) is 15.0 Å². The van der Waals surface area contributed by atoms with Gasteiger partial charge in [-0.05, 0) is 23.3 Å². The molecule has 0 aliphatic heterocycles. The van der Waals surface area contributed by atoms with Crippen LogP contribution in [0, 0.1) is 0 Å². The first-order chi connectivity index (χ1) is 10.8. The molecule has 0 aliphatic rings. The predicted octanol–water partition coefficient (Wildman–Crippen LogP) is 2.16. The average Bonchev–Trinajstić information content (AvgIpc) is 3.19. The number of H-pyrrole nitrogens is 2. The van der Waals surface area contributed by atoms with Crippen LogP contribution in [0.1, 0.15) is 5.56 Å². The Morgan fingerprint density at radius 1 is 1.05 bits per heavy atom. The molecule has 0 saturated carbocycles. The smallest absolute Gasteiger partial charge is 0.250 e. The van der Waals surface area contributed by atoms with E-state index >= 15 is 0 Å². The Hall–Kier alpha value is -3.15. The number of aromatic amines is 2. The lowest BCUT2D eigenvalue weighted by Crippen LogP contribution is -2.18. The molecule has 0 spiro atoms. The molecule has 3 aromatic heterocycles. The van der Waals surface area contributed by atoms with Crippen LogP contribution >= 0.6 is 0 Å². The zero-order valence-corrected chi connectivity index (χ0v) is 11.7. The molecule has 0 fully saturated rings. The number of benzene rings is 1. The van der Waals surface area contributed by atoms with E-state index in [1.807, 2.05) is 30.5 Å². The summed E-state index contributed by atoms with van der Waals surface area (Å²) >= 11 is 0. The van der Waals surface area contributed by atoms with Gasteiger partial charge in [0.25, 0.3) is 5.56 Å². The molecule has 0 amide bonds. The molecule has 22 heavy (non-hydrogen) atoms. The molecule has 0 unspecified atom stereocenters. The highest BCUT2D eigenvalue weighted by Gasteiger charge is 2.05. The molecule has 6 heteroatoms. The van der Waals surface area contributed by atoms with Gasteiger partial charge in [0.05, 0.1) is 24.5 Å². The summed E-state index contributed by atoms with van der Waals surface area (Å²) in [4.78, 5) is 12.0. The summed E-state index contributed by atoms with van der Waals surface area (Å²) < 4.78 is 1.68. The van der Waals surface area contributed by atoms with Crippen molar-refractivity contribution in [3.8, 4) is 11.1 Å². The molecule has 3 heterocycles. The lowest BCUT2D eigenvalue weighted by atomic mass is 10.1. The molecule has 108 valence electrons. The van der Waals surface area contributed by atoms with Crippen molar-refractivity contribution in [3.05, 3.63) is 71.0 Å². The highest BCUT2D eigenvalue weighted by Crippen LogP contribution is 2.22. The zero-order chi connectivity index (χ0) is 14.9. The van der Waals surface area contributed by atoms with Crippen LogP contribution in [0.3, 0.4) is 0 Å². The number of nitrogens with zero attached hydrogens (tertiary/aromatic N) is 3. The van der Waals surface area contributed by atoms with Gasteiger partial charge in [0.2, 0.25) is 0 Å². The summed E-state index contributed by atoms with van der Waals surface area (Å²) in [7, 11) is 0. The van der Waals surface area contributed by atoms with Crippen molar-refractivity contribution in [2.45, 2.75) is 6.54 Å². The molecule has 6 nitrogen and oxygen atoms in total. The Labute approximate surface area is 125 Å². The van der Waals surface area contributed by atoms with Gasteiger partial charge in [-0.2, -0.15) is 10.2 Å². The van der Waals surface area contributed by atoms with E-state index in [0.717, 1.165) is 27.6 Å². The second kappa shape index (κ2) is 5.00. The first-order valence-corrected chi connectivity index (χ1v) is 6.91. The van der Waals surface area contributed by atoms with Crippen molar-refractivity contribution >= 4 is 10.9 Å². The lowest BCUT2D eigenvalue weighted by Gasteiger charge is -2.07. The van der Waals surface area contributed by atoms with Crippen LogP contribution in [0.5, 0.6) is 0 Å². The summed E-state index contributed by atoms with van der Waals surface area (Å²) in [6, 6.07) is 9.50. The third kappa shape index (κ3) is 2.20. The van der Waals surface area contributed by atoms with Gasteiger partial charge in [0.15, 0.2) is 0 Å². The van der Waals surface area contributed by atoms with Crippen LogP contribution in [0.4, 0.5) is 0 Å². The zero-order valence-electron chi connectivity index (χ0n) is 11.7. The molecular weight excluding hydrogens is 278 g/mol. The predicted molar refractivity (Wildman–Crippen MR) is 83.5 cm³/mol. The first-order valence-electron chi connectivity index (χ1n) is 6.91. The maximum absolute atomic E-state index is 12.0. The third-order valence-corrected chi connectivity index (χ3v) is 3.67. The summed E-state index contributed by atoms with van der Waals surface area (Å²) in [5.41, 5.74) is 3.93. The monoisotopic (exact) mass is 291 g/mol. The number of aromatic nitrogens is 5. The number of hydrogen-bond acceptors (Lipinski definition) is 3. The van der Waals surface area contributed by atoms with Crippen LogP contribution in [-0.4, -0.2) is 25.0 Å². The normalized spacial score (nSPS) is 11.1. The molecule has 2 N–H and O–H groups in total. The highest BCUT2D eigenvalue weighted by atomic mass is 16.1. The Morgan fingerprint density at radius 3 is 2.82 bits per heavy atom. The van der Waals surface area contributed by atoms with Gasteiger partial charge in [-0.25, -0.2) is 0 Å². The van der Waals surface area contributed by atoms with Crippen molar-refractivity contribution in [2.24, 2.45) is 0 Å². The average molecular weight is 291 g/mol. The van der Waals surface area contributed by atoms with Gasteiger partial charge in [0.1, 0.15) is 0 Å². The van der Waals surface area contributed by atoms with Crippen molar-refractivity contribution in [3.63, 3.8) is 0 Å². The SMILES string of the molecule is O=c1ccc(-c2ccc3cn[nH]c3c2)cn1Cc1cn[nH]c1. The topological polar surface area (TPSA) is 79.4 Å². The Morgan fingerprint density at radius 2 is 1.95 bits per heavy atom. The standard InChI is InChI=1S/C16H13N5O/c22-16-4-3-14(10-21(16)9-11-6-17-18-7-11)12-1-2-13-8-19-20-15(13)5-12/h1-8,10H,9H2,(H,17,18)(H,19,20). The molecule has 0 radical (unpaired) electrons. The largest absolute Gasteiger partial charge is 0.310 e. The molecular formula is C16H13N5O. The molecule has 0 aliphatic carbocycles. The van der Waals surface area contributed by atoms with Crippen LogP contribution in [-0.2, 0) is 6.54 Å². The molecule has 4 aromatic rings. The van der Waals surface area contributed by atoms with E-state index in [-0.39, 0.29) is 5.56 Å². The van der Waals surface area contributed by atoms with E-state index in [1.54, 1.807) is 29.2 Å². The minimum atomic E-state index is -0.0347. The van der Waals surface area contributed by atoms with E-state index in [0.29, 0.717) is 6.54 Å². The van der Waals surface area contributed by atoms with Crippen molar-refractivity contribution in [2.75, 3.05) is 0 Å². The first kappa shape index (κ1) is 12.6. The van der Waals surface area contributed by atoms with E-state index in [1.165, 1.54) is 0 Å². The van der Waals surface area contributed by atoms with E-state index < -0.39 is 0 Å². The third-order valence-electron chi connectivity index (χ3n) is 3.67. The molecule has 0 saturated heterocycles. The van der Waals surface area contributed by atoms with E-state index in [2.05, 4.69) is 20.4 Å². The maximum atomic E-state index is 12.0. The van der Waals surface area contributed by atoms with Crippen LogP contribution < -0.4 is 5.56 Å². The van der Waals surface area contributed by atoms with E-state index in [9.17, 15) is 4.79 Å². The number of nitrogens with one attached hydrogen (secondary N) is 2. The number of rotatable bonds is 3. The highest BCUT2D eigenvalue weighted by molar-refractivity contribution is 5.83. The fourth-order valence-corrected chi connectivity index (χ4v) is 2.50. The summed E-state index contributed by atoms with van der Waals surface area (Å²) in [6.45, 7) is 0.496. The quantitative estimate of drug-likeness (QED) is 0.607. The van der Waals surface area contributed by atoms with Crippen LogP contribution in [0.25, 0.3) is 22.0 Å². The lowest BCUT2D eigenvalue weighted by molar-refractivity contribution is 0.761. The van der Waals surface area contributed by atoms with Crippen molar-refractivity contribution in [1.82, 2.24) is 25.0 Å². The minimum Gasteiger partial charge on any atom is -0.310 e. The summed E-state index contributed by atoms with van der Waals surface area (Å²) in [5.74, 6) is 0. The summed E-state index contributed by atoms with van der Waals surface area (Å²) in [5, 5.41) is 14.7. The minimum absolute atomic E-state index is 0.0347. The number of pyridine rings is 1. The Kier molecular flexibility index (Phi) is 2.86. The van der Waals surface area contributed by atoms with Crippen LogP contribution in [0.2, 0.25) is 0 Å². The van der Waals surface area contributed by atoms with Gasteiger partial charge in [-0.1, -0.05) is 12.1 Å². The Bertz CT molecular complexity index is 981. The number of hydrogen-bond donors (Lipinski definition) is 2. The molecule has 4 rings (SSSR count). The fraction of sp³-hybridized carbons (Fsp3) is 0.0625. The maximum Gasteiger partial charge on any atom is 0.250 e. The Balaban J connectivity index is 1.76. The van der Waals surface area contributed by atoms with Gasteiger partial charge in [-0.15, -0.1) is 0 Å². The second-order valence-corrected chi connectivity index (χ2v) is 5.16.